The number of nitrogens with one attached hydrogen (secondary N) is 3. The molecule has 1 aromatic rings. The minimum atomic E-state index is -1.33. The Hall–Kier alpha value is -3.21. The number of hydrogen-bond donors (Lipinski definition) is 4. The molecule has 1 atom stereocenters. The first-order chi connectivity index (χ1) is 12.9. The Morgan fingerprint density at radius 1 is 1.29 bits per heavy atom. The fraction of sp³-hybridized carbons (Fsp3) is 0.471. The molecule has 1 aromatic carbocycles. The summed E-state index contributed by atoms with van der Waals surface area (Å²) in [5, 5.41) is 27.2. The lowest BCUT2D eigenvalue weighted by molar-refractivity contribution is -0.384. The number of ether oxygens (including phenoxy) is 1. The minimum absolute atomic E-state index is 0.0983. The van der Waals surface area contributed by atoms with E-state index in [1.54, 1.807) is 20.8 Å². The van der Waals surface area contributed by atoms with Crippen molar-refractivity contribution in [3.8, 4) is 0 Å². The average molecular weight is 396 g/mol. The Labute approximate surface area is 161 Å². The van der Waals surface area contributed by atoms with Crippen LogP contribution in [0.1, 0.15) is 38.1 Å². The molecule has 0 saturated carbocycles. The van der Waals surface area contributed by atoms with Crippen molar-refractivity contribution in [3.63, 3.8) is 0 Å². The van der Waals surface area contributed by atoms with E-state index in [4.69, 9.17) is 9.84 Å². The van der Waals surface area contributed by atoms with Gasteiger partial charge in [0.25, 0.3) is 11.6 Å². The van der Waals surface area contributed by atoms with E-state index in [9.17, 15) is 24.5 Å². The van der Waals surface area contributed by atoms with Gasteiger partial charge in [0.05, 0.1) is 17.1 Å². The van der Waals surface area contributed by atoms with Crippen molar-refractivity contribution >= 4 is 29.3 Å². The number of amides is 3. The lowest BCUT2D eigenvalue weighted by Gasteiger charge is -2.21. The second kappa shape index (κ2) is 9.65. The molecule has 0 bridgehead atoms. The molecule has 0 aliphatic heterocycles. The van der Waals surface area contributed by atoms with E-state index in [-0.39, 0.29) is 30.1 Å². The highest BCUT2D eigenvalue weighted by Crippen LogP contribution is 2.23. The van der Waals surface area contributed by atoms with Crippen molar-refractivity contribution in [1.29, 1.82) is 0 Å². The van der Waals surface area contributed by atoms with Crippen LogP contribution in [0, 0.1) is 10.1 Å². The normalized spacial score (nSPS) is 11.9. The molecule has 1 rings (SSSR count). The van der Waals surface area contributed by atoms with E-state index in [0.717, 1.165) is 6.07 Å². The van der Waals surface area contributed by atoms with Crippen LogP contribution in [0.4, 0.5) is 16.2 Å². The predicted octanol–water partition coefficient (Wildman–Crippen LogP) is 1.17. The number of rotatable bonds is 7. The first-order valence-electron chi connectivity index (χ1n) is 8.41. The summed E-state index contributed by atoms with van der Waals surface area (Å²) in [5.41, 5.74) is -0.895. The minimum Gasteiger partial charge on any atom is -0.449 e. The van der Waals surface area contributed by atoms with Gasteiger partial charge in [-0.15, -0.1) is 0 Å². The molecule has 0 aliphatic carbocycles. The monoisotopic (exact) mass is 396 g/mol. The van der Waals surface area contributed by atoms with Crippen molar-refractivity contribution in [2.24, 2.45) is 0 Å². The third kappa shape index (κ3) is 7.19. The zero-order chi connectivity index (χ0) is 21.5. The zero-order valence-corrected chi connectivity index (χ0v) is 16.1. The van der Waals surface area contributed by atoms with Crippen LogP contribution in [0.5, 0.6) is 0 Å². The fourth-order valence-corrected chi connectivity index (χ4v) is 2.02. The van der Waals surface area contributed by atoms with Gasteiger partial charge in [0, 0.05) is 29.9 Å². The van der Waals surface area contributed by atoms with Gasteiger partial charge in [0.15, 0.2) is 6.10 Å². The SMILES string of the molecule is CC(OC(=O)c1cc([N+](=O)[O-])ccc1NCCO)C(=O)NC(=O)NC(C)(C)C. The molecule has 28 heavy (non-hydrogen) atoms. The molecule has 0 spiro atoms. The highest BCUT2D eigenvalue weighted by molar-refractivity contribution is 6.00. The van der Waals surface area contributed by atoms with Crippen molar-refractivity contribution in [3.05, 3.63) is 33.9 Å². The summed E-state index contributed by atoms with van der Waals surface area (Å²) in [6.45, 7) is 6.31. The van der Waals surface area contributed by atoms with Gasteiger partial charge in [0.2, 0.25) is 0 Å². The molecule has 0 radical (unpaired) electrons. The van der Waals surface area contributed by atoms with Gasteiger partial charge in [0.1, 0.15) is 0 Å². The number of nitro benzene ring substituents is 1. The van der Waals surface area contributed by atoms with Gasteiger partial charge >= 0.3 is 12.0 Å². The molecule has 0 fully saturated rings. The summed E-state index contributed by atoms with van der Waals surface area (Å²) in [5.74, 6) is -1.85. The molecule has 0 heterocycles. The van der Waals surface area contributed by atoms with Crippen molar-refractivity contribution in [1.82, 2.24) is 10.6 Å². The second-order valence-electron chi connectivity index (χ2n) is 6.88. The maximum absolute atomic E-state index is 12.4. The van der Waals surface area contributed by atoms with E-state index < -0.39 is 34.5 Å². The molecular weight excluding hydrogens is 372 g/mol. The fourth-order valence-electron chi connectivity index (χ4n) is 2.02. The Balaban J connectivity index is 2.89. The zero-order valence-electron chi connectivity index (χ0n) is 16.1. The summed E-state index contributed by atoms with van der Waals surface area (Å²) in [4.78, 5) is 46.4. The van der Waals surface area contributed by atoms with Crippen LogP contribution in [0.25, 0.3) is 0 Å². The molecule has 0 saturated heterocycles. The Kier molecular flexibility index (Phi) is 7.87. The topological polar surface area (TPSA) is 160 Å². The average Bonchev–Trinajstić information content (AvgIpc) is 2.57. The van der Waals surface area contributed by atoms with Gasteiger partial charge in [-0.3, -0.25) is 20.2 Å². The van der Waals surface area contributed by atoms with Crippen LogP contribution in [-0.2, 0) is 9.53 Å². The first kappa shape index (κ1) is 22.8. The van der Waals surface area contributed by atoms with Crippen LogP contribution < -0.4 is 16.0 Å². The summed E-state index contributed by atoms with van der Waals surface area (Å²) in [6.07, 6.45) is -1.33. The number of carbonyl (C=O) groups is 3. The third-order valence-electron chi connectivity index (χ3n) is 3.24. The van der Waals surface area contributed by atoms with Gasteiger partial charge in [-0.25, -0.2) is 9.59 Å². The lowest BCUT2D eigenvalue weighted by atomic mass is 10.1. The predicted molar refractivity (Wildman–Crippen MR) is 100.0 cm³/mol. The van der Waals surface area contributed by atoms with E-state index in [2.05, 4.69) is 10.6 Å². The van der Waals surface area contributed by atoms with Crippen molar-refractivity contribution < 1.29 is 29.2 Å². The van der Waals surface area contributed by atoms with E-state index in [1.807, 2.05) is 5.32 Å². The largest absolute Gasteiger partial charge is 0.449 e. The number of aliphatic hydroxyl groups is 1. The lowest BCUT2D eigenvalue weighted by Crippen LogP contribution is -2.50. The van der Waals surface area contributed by atoms with Crippen molar-refractivity contribution in [2.75, 3.05) is 18.5 Å². The quantitative estimate of drug-likeness (QED) is 0.303. The van der Waals surface area contributed by atoms with E-state index in [1.165, 1.54) is 19.1 Å². The van der Waals surface area contributed by atoms with Crippen LogP contribution in [0.3, 0.4) is 0 Å². The molecule has 0 aliphatic rings. The highest BCUT2D eigenvalue weighted by Gasteiger charge is 2.25. The number of benzene rings is 1. The Morgan fingerprint density at radius 3 is 2.46 bits per heavy atom. The summed E-state index contributed by atoms with van der Waals surface area (Å²) >= 11 is 0. The molecule has 11 heteroatoms. The van der Waals surface area contributed by atoms with Gasteiger partial charge in [-0.2, -0.15) is 0 Å². The number of imide groups is 1. The number of non-ortho nitro benzene ring substituents is 1. The Bertz CT molecular complexity index is 758. The molecule has 3 amide bonds. The molecule has 154 valence electrons. The third-order valence-corrected chi connectivity index (χ3v) is 3.24. The Morgan fingerprint density at radius 2 is 1.93 bits per heavy atom. The molecule has 0 aromatic heterocycles. The van der Waals surface area contributed by atoms with E-state index in [0.29, 0.717) is 0 Å². The first-order valence-corrected chi connectivity index (χ1v) is 8.41. The summed E-state index contributed by atoms with van der Waals surface area (Å²) < 4.78 is 5.03. The maximum Gasteiger partial charge on any atom is 0.341 e. The van der Waals surface area contributed by atoms with Crippen LogP contribution in [0.15, 0.2) is 18.2 Å². The van der Waals surface area contributed by atoms with Gasteiger partial charge in [-0.05, 0) is 33.8 Å². The molecule has 1 unspecified atom stereocenters. The number of nitrogens with zero attached hydrogens (tertiary/aromatic N) is 1. The van der Waals surface area contributed by atoms with E-state index >= 15 is 0 Å². The summed E-state index contributed by atoms with van der Waals surface area (Å²) in [7, 11) is 0. The molecule has 4 N–H and O–H groups in total. The number of anilines is 1. The smallest absolute Gasteiger partial charge is 0.341 e. The second-order valence-corrected chi connectivity index (χ2v) is 6.88. The number of aliphatic hydroxyl groups excluding tert-OH is 1. The number of esters is 1. The van der Waals surface area contributed by atoms with Gasteiger partial charge < -0.3 is 20.5 Å². The number of carbonyl (C=O) groups excluding carboxylic acids is 3. The molecular formula is C17H24N4O7. The van der Waals surface area contributed by atoms with Gasteiger partial charge in [-0.1, -0.05) is 0 Å². The van der Waals surface area contributed by atoms with Crippen LogP contribution >= 0.6 is 0 Å². The number of urea groups is 1. The standard InChI is InChI=1S/C17H24N4O7/c1-10(14(23)19-16(25)20-17(2,3)4)28-15(24)12-9-11(21(26)27)5-6-13(12)18-7-8-22/h5-6,9-10,18,22H,7-8H2,1-4H3,(H2,19,20,23,25). The maximum atomic E-state index is 12.4. The number of nitro groups is 1. The van der Waals surface area contributed by atoms with Crippen molar-refractivity contribution in [2.45, 2.75) is 39.3 Å². The van der Waals surface area contributed by atoms with Crippen LogP contribution in [0.2, 0.25) is 0 Å². The highest BCUT2D eigenvalue weighted by atomic mass is 16.6. The molecule has 11 nitrogen and oxygen atoms in total. The van der Waals surface area contributed by atoms with Crippen LogP contribution in [-0.4, -0.2) is 52.7 Å². The number of hydrogen-bond acceptors (Lipinski definition) is 8. The summed E-state index contributed by atoms with van der Waals surface area (Å²) in [6, 6.07) is 2.73.